The van der Waals surface area contributed by atoms with Gasteiger partial charge in [0.25, 0.3) is 5.91 Å². The molecule has 0 radical (unpaired) electrons. The van der Waals surface area contributed by atoms with Crippen molar-refractivity contribution in [2.24, 2.45) is 5.92 Å². The van der Waals surface area contributed by atoms with Gasteiger partial charge in [0, 0.05) is 4.70 Å². The molecule has 4 rings (SSSR count). The molecule has 98 valence electrons. The molecule has 0 bridgehead atoms. The molecule has 2 fully saturated rings. The molecule has 19 heavy (non-hydrogen) atoms. The summed E-state index contributed by atoms with van der Waals surface area (Å²) in [6.45, 7) is 1.01. The summed E-state index contributed by atoms with van der Waals surface area (Å²) < 4.78 is 1.14. The van der Waals surface area contributed by atoms with Crippen LogP contribution < -0.4 is 0 Å². The van der Waals surface area contributed by atoms with E-state index in [4.69, 9.17) is 0 Å². The Bertz CT molecular complexity index is 620. The highest BCUT2D eigenvalue weighted by Gasteiger charge is 2.53. The van der Waals surface area contributed by atoms with Crippen LogP contribution in [0.25, 0.3) is 10.1 Å². The Kier molecular flexibility index (Phi) is 2.29. The molecule has 1 aliphatic carbocycles. The first-order valence-electron chi connectivity index (χ1n) is 6.66. The van der Waals surface area contributed by atoms with E-state index in [1.807, 2.05) is 30.3 Å². The van der Waals surface area contributed by atoms with Crippen molar-refractivity contribution >= 4 is 27.3 Å². The number of carbonyl (C=O) groups excluding carboxylic acids is 1. The van der Waals surface area contributed by atoms with E-state index >= 15 is 0 Å². The number of fused-ring (bicyclic) bond motifs is 1. The van der Waals surface area contributed by atoms with E-state index < -0.39 is 5.60 Å². The van der Waals surface area contributed by atoms with Crippen LogP contribution in [0.15, 0.2) is 30.3 Å². The number of benzene rings is 1. The van der Waals surface area contributed by atoms with Crippen molar-refractivity contribution in [3.8, 4) is 0 Å². The van der Waals surface area contributed by atoms with Crippen LogP contribution in [0.5, 0.6) is 0 Å². The quantitative estimate of drug-likeness (QED) is 0.913. The normalized spacial score (nSPS) is 21.4. The lowest BCUT2D eigenvalue weighted by Crippen LogP contribution is -2.64. The number of aliphatic hydroxyl groups is 1. The van der Waals surface area contributed by atoms with Gasteiger partial charge in [-0.3, -0.25) is 4.79 Å². The Labute approximate surface area is 115 Å². The second kappa shape index (κ2) is 3.81. The van der Waals surface area contributed by atoms with Gasteiger partial charge in [-0.25, -0.2) is 0 Å². The highest BCUT2D eigenvalue weighted by Crippen LogP contribution is 2.45. The van der Waals surface area contributed by atoms with Crippen molar-refractivity contribution in [1.29, 1.82) is 0 Å². The molecule has 1 aliphatic heterocycles. The summed E-state index contributed by atoms with van der Waals surface area (Å²) in [6.07, 6.45) is 2.23. The maximum atomic E-state index is 12.4. The van der Waals surface area contributed by atoms with Gasteiger partial charge in [0.2, 0.25) is 0 Å². The minimum absolute atomic E-state index is 0.0616. The molecule has 1 N–H and O–H groups in total. The average molecular weight is 273 g/mol. The average Bonchev–Trinajstić information content (AvgIpc) is 3.13. The molecular formula is C15H15NO2S. The van der Waals surface area contributed by atoms with Crippen molar-refractivity contribution in [1.82, 2.24) is 4.90 Å². The van der Waals surface area contributed by atoms with E-state index in [0.29, 0.717) is 19.0 Å². The summed E-state index contributed by atoms with van der Waals surface area (Å²) >= 11 is 1.53. The van der Waals surface area contributed by atoms with Gasteiger partial charge in [0.1, 0.15) is 5.60 Å². The van der Waals surface area contributed by atoms with Gasteiger partial charge >= 0.3 is 0 Å². The molecule has 1 aromatic carbocycles. The highest BCUT2D eigenvalue weighted by molar-refractivity contribution is 7.20. The summed E-state index contributed by atoms with van der Waals surface area (Å²) in [5, 5.41) is 11.4. The van der Waals surface area contributed by atoms with E-state index in [9.17, 15) is 9.90 Å². The van der Waals surface area contributed by atoms with Gasteiger partial charge in [0.15, 0.2) is 0 Å². The van der Waals surface area contributed by atoms with Gasteiger partial charge in [-0.1, -0.05) is 18.2 Å². The molecule has 4 heteroatoms. The van der Waals surface area contributed by atoms with Crippen LogP contribution in [-0.4, -0.2) is 34.6 Å². The lowest BCUT2D eigenvalue weighted by atomic mass is 9.88. The van der Waals surface area contributed by atoms with Crippen LogP contribution in [0.2, 0.25) is 0 Å². The van der Waals surface area contributed by atoms with Crippen LogP contribution >= 0.6 is 11.3 Å². The molecule has 2 aliphatic rings. The predicted molar refractivity (Wildman–Crippen MR) is 75.4 cm³/mol. The number of carbonyl (C=O) groups is 1. The number of nitrogens with zero attached hydrogens (tertiary/aromatic N) is 1. The Morgan fingerprint density at radius 1 is 1.32 bits per heavy atom. The molecule has 0 unspecified atom stereocenters. The fraction of sp³-hybridized carbons (Fsp3) is 0.400. The number of thiophene rings is 1. The molecular weight excluding hydrogens is 258 g/mol. The Morgan fingerprint density at radius 2 is 2.05 bits per heavy atom. The van der Waals surface area contributed by atoms with E-state index in [-0.39, 0.29) is 5.91 Å². The molecule has 1 amide bonds. The van der Waals surface area contributed by atoms with Crippen LogP contribution in [0.1, 0.15) is 22.5 Å². The van der Waals surface area contributed by atoms with Crippen molar-refractivity contribution in [3.63, 3.8) is 0 Å². The van der Waals surface area contributed by atoms with Crippen LogP contribution in [-0.2, 0) is 0 Å². The Morgan fingerprint density at radius 3 is 2.74 bits per heavy atom. The number of β-amino-alcohol motifs (C(OH)–C–C–N with tert-alkyl or cyclic N) is 1. The maximum absolute atomic E-state index is 12.4. The molecule has 2 aromatic rings. The van der Waals surface area contributed by atoms with Gasteiger partial charge in [0.05, 0.1) is 18.0 Å². The Balaban J connectivity index is 1.54. The second-order valence-electron chi connectivity index (χ2n) is 5.69. The van der Waals surface area contributed by atoms with Crippen molar-refractivity contribution in [2.45, 2.75) is 18.4 Å². The maximum Gasteiger partial charge on any atom is 0.264 e. The highest BCUT2D eigenvalue weighted by atomic mass is 32.1. The number of hydrogen-bond donors (Lipinski definition) is 1. The van der Waals surface area contributed by atoms with Crippen LogP contribution in [0.3, 0.4) is 0 Å². The zero-order chi connectivity index (χ0) is 13.0. The van der Waals surface area contributed by atoms with Crippen LogP contribution in [0, 0.1) is 5.92 Å². The largest absolute Gasteiger partial charge is 0.386 e. The van der Waals surface area contributed by atoms with E-state index in [1.165, 1.54) is 11.3 Å². The first-order chi connectivity index (χ1) is 9.16. The monoisotopic (exact) mass is 273 g/mol. The summed E-state index contributed by atoms with van der Waals surface area (Å²) in [6, 6.07) is 9.99. The van der Waals surface area contributed by atoms with E-state index in [0.717, 1.165) is 27.8 Å². The minimum Gasteiger partial charge on any atom is -0.386 e. The smallest absolute Gasteiger partial charge is 0.264 e. The Hall–Kier alpha value is -1.39. The lowest BCUT2D eigenvalue weighted by Gasteiger charge is -2.46. The summed E-state index contributed by atoms with van der Waals surface area (Å²) in [4.78, 5) is 14.9. The molecule has 1 aromatic heterocycles. The molecule has 1 saturated heterocycles. The first kappa shape index (κ1) is 11.4. The van der Waals surface area contributed by atoms with Gasteiger partial charge in [-0.2, -0.15) is 0 Å². The molecule has 0 atom stereocenters. The predicted octanol–water partition coefficient (Wildman–Crippen LogP) is 2.50. The fourth-order valence-electron chi connectivity index (χ4n) is 2.88. The second-order valence-corrected chi connectivity index (χ2v) is 6.77. The first-order valence-corrected chi connectivity index (χ1v) is 7.48. The number of likely N-dealkylation sites (tertiary alicyclic amines) is 1. The summed E-state index contributed by atoms with van der Waals surface area (Å²) in [5.74, 6) is 0.491. The van der Waals surface area contributed by atoms with E-state index in [1.54, 1.807) is 4.90 Å². The third kappa shape index (κ3) is 1.78. The van der Waals surface area contributed by atoms with Crippen molar-refractivity contribution in [3.05, 3.63) is 35.2 Å². The third-order valence-electron chi connectivity index (χ3n) is 4.19. The molecule has 3 nitrogen and oxygen atoms in total. The lowest BCUT2D eigenvalue weighted by molar-refractivity contribution is -0.0956. The van der Waals surface area contributed by atoms with Gasteiger partial charge in [-0.15, -0.1) is 11.3 Å². The van der Waals surface area contributed by atoms with Crippen molar-refractivity contribution in [2.75, 3.05) is 13.1 Å². The fourth-order valence-corrected chi connectivity index (χ4v) is 3.91. The van der Waals surface area contributed by atoms with Crippen LogP contribution in [0.4, 0.5) is 0 Å². The van der Waals surface area contributed by atoms with Gasteiger partial charge in [-0.05, 0) is 36.3 Å². The number of amides is 1. The molecule has 2 heterocycles. The van der Waals surface area contributed by atoms with Gasteiger partial charge < -0.3 is 10.0 Å². The zero-order valence-electron chi connectivity index (χ0n) is 10.5. The molecule has 0 spiro atoms. The zero-order valence-corrected chi connectivity index (χ0v) is 11.3. The number of rotatable bonds is 2. The summed E-state index contributed by atoms with van der Waals surface area (Å²) in [5.41, 5.74) is -0.591. The standard InChI is InChI=1S/C15H15NO2S/c17-14(16-8-15(18,9-16)11-5-6-11)13-7-10-3-1-2-4-12(10)19-13/h1-4,7,11,18H,5-6,8-9H2. The SMILES string of the molecule is O=C(c1cc2ccccc2s1)N1CC(O)(C2CC2)C1. The number of hydrogen-bond acceptors (Lipinski definition) is 3. The minimum atomic E-state index is -0.591. The molecule has 1 saturated carbocycles. The third-order valence-corrected chi connectivity index (χ3v) is 5.29. The topological polar surface area (TPSA) is 40.5 Å². The summed E-state index contributed by atoms with van der Waals surface area (Å²) in [7, 11) is 0. The van der Waals surface area contributed by atoms with Crippen molar-refractivity contribution < 1.29 is 9.90 Å². The van der Waals surface area contributed by atoms with E-state index in [2.05, 4.69) is 0 Å².